The molecule has 4 rings (SSSR count). The first-order chi connectivity index (χ1) is 20.5. The Kier molecular flexibility index (Phi) is 9.29. The van der Waals surface area contributed by atoms with Crippen molar-refractivity contribution in [3.8, 4) is 34.5 Å². The molecule has 0 saturated heterocycles. The number of hydrogen-bond acceptors (Lipinski definition) is 8. The van der Waals surface area contributed by atoms with Crippen LogP contribution in [0.25, 0.3) is 0 Å². The number of oxime groups is 2. The van der Waals surface area contributed by atoms with E-state index in [1.807, 2.05) is 52.0 Å². The molecular weight excluding hydrogens is 544 g/mol. The van der Waals surface area contributed by atoms with Crippen LogP contribution in [-0.4, -0.2) is 37.1 Å². The summed E-state index contributed by atoms with van der Waals surface area (Å²) < 4.78 is 23.6. The van der Waals surface area contributed by atoms with Crippen molar-refractivity contribution in [3.05, 3.63) is 105 Å². The van der Waals surface area contributed by atoms with E-state index < -0.39 is 0 Å². The van der Waals surface area contributed by atoms with Gasteiger partial charge in [0.05, 0.1) is 37.8 Å². The molecule has 0 spiro atoms. The lowest BCUT2D eigenvalue weighted by Gasteiger charge is -2.29. The highest BCUT2D eigenvalue weighted by Crippen LogP contribution is 2.41. The van der Waals surface area contributed by atoms with E-state index in [1.54, 1.807) is 26.4 Å². The standard InChI is InChI=1S/C35H38N2O6/c1-21-15-25(16-22(2)33(21)42-31-13-9-11-29(40-7)27(31)19-36-38)35(5,6)26-17-23(3)34(24(4)18-26)43-32-14-10-12-30(41-8)28(32)20-37-39/h9-20,38-39H,1-8H3/b36-19+,37-20+. The maximum Gasteiger partial charge on any atom is 0.140 e. The summed E-state index contributed by atoms with van der Waals surface area (Å²) in [6, 6.07) is 19.5. The molecule has 0 unspecified atom stereocenters. The van der Waals surface area contributed by atoms with Gasteiger partial charge >= 0.3 is 0 Å². The summed E-state index contributed by atoms with van der Waals surface area (Å²) in [4.78, 5) is 0. The fourth-order valence-corrected chi connectivity index (χ4v) is 5.28. The summed E-state index contributed by atoms with van der Waals surface area (Å²) in [5.41, 5.74) is 6.94. The molecule has 0 saturated carbocycles. The van der Waals surface area contributed by atoms with Gasteiger partial charge in [-0.25, -0.2) is 0 Å². The molecule has 0 aliphatic heterocycles. The Bertz CT molecular complexity index is 1520. The Morgan fingerprint density at radius 3 is 1.21 bits per heavy atom. The number of methoxy groups -OCH3 is 2. The quantitative estimate of drug-likeness (QED) is 0.110. The van der Waals surface area contributed by atoms with Crippen LogP contribution < -0.4 is 18.9 Å². The average molecular weight is 583 g/mol. The highest BCUT2D eigenvalue weighted by atomic mass is 16.5. The maximum absolute atomic E-state index is 9.19. The van der Waals surface area contributed by atoms with Gasteiger partial charge in [0.15, 0.2) is 0 Å². The Labute approximate surface area is 252 Å². The van der Waals surface area contributed by atoms with Gasteiger partial charge in [-0.05, 0) is 85.3 Å². The summed E-state index contributed by atoms with van der Waals surface area (Å²) in [5.74, 6) is 3.62. The highest BCUT2D eigenvalue weighted by Gasteiger charge is 2.27. The minimum Gasteiger partial charge on any atom is -0.496 e. The number of ether oxygens (including phenoxy) is 4. The Morgan fingerprint density at radius 1 is 0.581 bits per heavy atom. The first-order valence-electron chi connectivity index (χ1n) is 13.8. The van der Waals surface area contributed by atoms with Crippen LogP contribution in [0.3, 0.4) is 0 Å². The predicted octanol–water partition coefficient (Wildman–Crippen LogP) is 8.46. The van der Waals surface area contributed by atoms with Crippen molar-refractivity contribution in [1.82, 2.24) is 0 Å². The molecule has 0 aliphatic rings. The van der Waals surface area contributed by atoms with E-state index in [-0.39, 0.29) is 5.41 Å². The normalized spacial score (nSPS) is 11.7. The van der Waals surface area contributed by atoms with Crippen LogP contribution in [0.1, 0.15) is 58.4 Å². The molecule has 8 nitrogen and oxygen atoms in total. The molecule has 2 N–H and O–H groups in total. The molecule has 8 heteroatoms. The number of hydrogen-bond donors (Lipinski definition) is 2. The molecule has 0 fully saturated rings. The van der Waals surface area contributed by atoms with Gasteiger partial charge in [0.1, 0.15) is 34.5 Å². The molecule has 4 aromatic carbocycles. The van der Waals surface area contributed by atoms with Crippen molar-refractivity contribution in [2.45, 2.75) is 47.0 Å². The van der Waals surface area contributed by atoms with Gasteiger partial charge in [0.2, 0.25) is 0 Å². The zero-order valence-corrected chi connectivity index (χ0v) is 25.9. The maximum atomic E-state index is 9.19. The van der Waals surface area contributed by atoms with Gasteiger partial charge in [-0.3, -0.25) is 0 Å². The van der Waals surface area contributed by atoms with Crippen LogP contribution in [-0.2, 0) is 5.41 Å². The number of benzene rings is 4. The van der Waals surface area contributed by atoms with Gasteiger partial charge in [0.25, 0.3) is 0 Å². The molecular formula is C35H38N2O6. The summed E-state index contributed by atoms with van der Waals surface area (Å²) in [7, 11) is 3.12. The Hall–Kier alpha value is -4.98. The minimum absolute atomic E-state index is 0.336. The Balaban J connectivity index is 1.69. The first kappa shape index (κ1) is 31.0. The van der Waals surface area contributed by atoms with Crippen molar-refractivity contribution >= 4 is 12.4 Å². The molecule has 4 aromatic rings. The van der Waals surface area contributed by atoms with Gasteiger partial charge in [-0.1, -0.05) is 60.6 Å². The molecule has 0 aromatic heterocycles. The average Bonchev–Trinajstić information content (AvgIpc) is 2.98. The van der Waals surface area contributed by atoms with Crippen LogP contribution in [0.5, 0.6) is 34.5 Å². The molecule has 0 bridgehead atoms. The van der Waals surface area contributed by atoms with Crippen molar-refractivity contribution in [3.63, 3.8) is 0 Å². The van der Waals surface area contributed by atoms with E-state index in [1.165, 1.54) is 12.4 Å². The fourth-order valence-electron chi connectivity index (χ4n) is 5.28. The van der Waals surface area contributed by atoms with E-state index in [0.29, 0.717) is 34.1 Å². The van der Waals surface area contributed by atoms with Gasteiger partial charge in [-0.15, -0.1) is 0 Å². The topological polar surface area (TPSA) is 102 Å². The third-order valence-electron chi connectivity index (χ3n) is 7.65. The minimum atomic E-state index is -0.336. The zero-order chi connectivity index (χ0) is 31.3. The number of rotatable bonds is 10. The van der Waals surface area contributed by atoms with E-state index in [9.17, 15) is 10.4 Å². The summed E-state index contributed by atoms with van der Waals surface area (Å²) in [6.45, 7) is 12.5. The SMILES string of the molecule is COc1cccc(Oc2c(C)cc(C(C)(C)c3cc(C)c(Oc4cccc(OC)c4/C=N/O)c(C)c3)cc2C)c1/C=N/O. The van der Waals surface area contributed by atoms with Crippen LogP contribution >= 0.6 is 0 Å². The fraction of sp³-hybridized carbons (Fsp3) is 0.257. The highest BCUT2D eigenvalue weighted by molar-refractivity contribution is 5.88. The Morgan fingerprint density at radius 2 is 0.907 bits per heavy atom. The molecule has 224 valence electrons. The second kappa shape index (κ2) is 12.9. The van der Waals surface area contributed by atoms with Crippen molar-refractivity contribution < 1.29 is 29.4 Å². The second-order valence-electron chi connectivity index (χ2n) is 10.9. The lowest BCUT2D eigenvalue weighted by molar-refractivity contribution is 0.321. The molecule has 0 aliphatic carbocycles. The van der Waals surface area contributed by atoms with E-state index >= 15 is 0 Å². The second-order valence-corrected chi connectivity index (χ2v) is 10.9. The summed E-state index contributed by atoms with van der Waals surface area (Å²) in [5, 5.41) is 24.8. The smallest absolute Gasteiger partial charge is 0.140 e. The molecule has 0 heterocycles. The first-order valence-corrected chi connectivity index (χ1v) is 13.8. The monoisotopic (exact) mass is 582 g/mol. The van der Waals surface area contributed by atoms with Crippen molar-refractivity contribution in [2.24, 2.45) is 10.3 Å². The third-order valence-corrected chi connectivity index (χ3v) is 7.65. The van der Waals surface area contributed by atoms with Gasteiger partial charge in [0, 0.05) is 5.41 Å². The lowest BCUT2D eigenvalue weighted by Crippen LogP contribution is -2.20. The predicted molar refractivity (Wildman–Crippen MR) is 169 cm³/mol. The van der Waals surface area contributed by atoms with Crippen LogP contribution in [0.15, 0.2) is 71.0 Å². The number of aryl methyl sites for hydroxylation is 4. The lowest BCUT2D eigenvalue weighted by atomic mass is 9.76. The van der Waals surface area contributed by atoms with Crippen LogP contribution in [0.4, 0.5) is 0 Å². The van der Waals surface area contributed by atoms with Crippen LogP contribution in [0.2, 0.25) is 0 Å². The van der Waals surface area contributed by atoms with Crippen molar-refractivity contribution in [1.29, 1.82) is 0 Å². The van der Waals surface area contributed by atoms with Gasteiger partial charge < -0.3 is 29.4 Å². The van der Waals surface area contributed by atoms with E-state index in [0.717, 1.165) is 44.9 Å². The summed E-state index contributed by atoms with van der Waals surface area (Å²) >= 11 is 0. The largest absolute Gasteiger partial charge is 0.496 e. The number of nitrogens with zero attached hydrogens (tertiary/aromatic N) is 2. The van der Waals surface area contributed by atoms with Gasteiger partial charge in [-0.2, -0.15) is 0 Å². The van der Waals surface area contributed by atoms with E-state index in [2.05, 4.69) is 48.4 Å². The molecule has 43 heavy (non-hydrogen) atoms. The zero-order valence-electron chi connectivity index (χ0n) is 25.9. The molecule has 0 radical (unpaired) electrons. The molecule has 0 amide bonds. The third kappa shape index (κ3) is 6.28. The van der Waals surface area contributed by atoms with E-state index in [4.69, 9.17) is 18.9 Å². The molecule has 0 atom stereocenters. The summed E-state index contributed by atoms with van der Waals surface area (Å²) in [6.07, 6.45) is 2.62. The van der Waals surface area contributed by atoms with Crippen LogP contribution in [0, 0.1) is 27.7 Å². The van der Waals surface area contributed by atoms with Crippen molar-refractivity contribution in [2.75, 3.05) is 14.2 Å².